The van der Waals surface area contributed by atoms with E-state index in [1.165, 1.54) is 0 Å². The zero-order valence-electron chi connectivity index (χ0n) is 11.9. The molecule has 2 unspecified atom stereocenters. The molecule has 0 radical (unpaired) electrons. The average Bonchev–Trinajstić information content (AvgIpc) is 2.94. The number of methoxy groups -OCH3 is 1. The predicted molar refractivity (Wildman–Crippen MR) is 83.0 cm³/mol. The molecule has 1 aliphatic carbocycles. The maximum atomic E-state index is 12.6. The monoisotopic (exact) mass is 340 g/mol. The molecular formula is C15H21BrN2O2. The Labute approximate surface area is 128 Å². The van der Waals surface area contributed by atoms with Crippen LogP contribution in [0.15, 0.2) is 22.7 Å². The second-order valence-electron chi connectivity index (χ2n) is 5.26. The van der Waals surface area contributed by atoms with Gasteiger partial charge in [0.25, 0.3) is 5.91 Å². The van der Waals surface area contributed by atoms with Crippen molar-refractivity contribution >= 4 is 21.8 Å². The van der Waals surface area contributed by atoms with E-state index in [-0.39, 0.29) is 11.9 Å². The summed E-state index contributed by atoms with van der Waals surface area (Å²) in [7, 11) is 3.48. The van der Waals surface area contributed by atoms with E-state index in [2.05, 4.69) is 15.9 Å². The van der Waals surface area contributed by atoms with Gasteiger partial charge in [-0.25, -0.2) is 0 Å². The normalized spacial score (nSPS) is 21.8. The van der Waals surface area contributed by atoms with E-state index in [1.807, 2.05) is 18.0 Å². The highest BCUT2D eigenvalue weighted by Crippen LogP contribution is 2.30. The molecule has 1 amide bonds. The number of benzene rings is 1. The molecule has 2 atom stereocenters. The largest absolute Gasteiger partial charge is 0.496 e. The standard InChI is InChI=1S/C15H21BrN2O2/c1-18(13-5-3-4-11(13)9-17)15(19)10-6-7-14(20-2)12(16)8-10/h6-8,11,13H,3-5,9,17H2,1-2H3. The van der Waals surface area contributed by atoms with Gasteiger partial charge in [0.05, 0.1) is 11.6 Å². The molecule has 0 aromatic heterocycles. The molecule has 0 saturated heterocycles. The average molecular weight is 341 g/mol. The Kier molecular flexibility index (Phi) is 5.05. The molecule has 1 fully saturated rings. The number of nitrogens with two attached hydrogens (primary N) is 1. The molecule has 0 heterocycles. The number of nitrogens with zero attached hydrogens (tertiary/aromatic N) is 1. The van der Waals surface area contributed by atoms with Gasteiger partial charge in [-0.15, -0.1) is 0 Å². The number of hydrogen-bond donors (Lipinski definition) is 1. The van der Waals surface area contributed by atoms with Crippen molar-refractivity contribution in [2.45, 2.75) is 25.3 Å². The lowest BCUT2D eigenvalue weighted by Crippen LogP contribution is -2.41. The van der Waals surface area contributed by atoms with Crippen LogP contribution in [0.1, 0.15) is 29.6 Å². The smallest absolute Gasteiger partial charge is 0.253 e. The molecule has 20 heavy (non-hydrogen) atoms. The van der Waals surface area contributed by atoms with Gasteiger partial charge in [0.15, 0.2) is 0 Å². The molecule has 1 aliphatic rings. The van der Waals surface area contributed by atoms with Crippen LogP contribution in [-0.2, 0) is 0 Å². The van der Waals surface area contributed by atoms with E-state index in [0.29, 0.717) is 18.0 Å². The minimum atomic E-state index is 0.0405. The first-order valence-corrected chi connectivity index (χ1v) is 7.68. The van der Waals surface area contributed by atoms with Crippen LogP contribution in [0.5, 0.6) is 5.75 Å². The number of ether oxygens (including phenoxy) is 1. The molecule has 5 heteroatoms. The van der Waals surface area contributed by atoms with Crippen LogP contribution in [0.2, 0.25) is 0 Å². The van der Waals surface area contributed by atoms with E-state index in [9.17, 15) is 4.79 Å². The van der Waals surface area contributed by atoms with Gasteiger partial charge in [0.1, 0.15) is 5.75 Å². The quantitative estimate of drug-likeness (QED) is 0.916. The Morgan fingerprint density at radius 2 is 2.25 bits per heavy atom. The van der Waals surface area contributed by atoms with Crippen molar-refractivity contribution in [2.24, 2.45) is 11.7 Å². The zero-order valence-corrected chi connectivity index (χ0v) is 13.5. The molecule has 2 N–H and O–H groups in total. The summed E-state index contributed by atoms with van der Waals surface area (Å²) in [6.07, 6.45) is 3.31. The lowest BCUT2D eigenvalue weighted by atomic mass is 10.0. The summed E-state index contributed by atoms with van der Waals surface area (Å²) in [4.78, 5) is 14.4. The summed E-state index contributed by atoms with van der Waals surface area (Å²) < 4.78 is 5.98. The number of carbonyl (C=O) groups is 1. The molecule has 2 rings (SSSR count). The molecule has 1 aromatic rings. The van der Waals surface area contributed by atoms with Crippen LogP contribution < -0.4 is 10.5 Å². The fourth-order valence-corrected chi connectivity index (χ4v) is 3.50. The minimum Gasteiger partial charge on any atom is -0.496 e. The summed E-state index contributed by atoms with van der Waals surface area (Å²) in [6, 6.07) is 5.67. The first kappa shape index (κ1) is 15.3. The third-order valence-corrected chi connectivity index (χ3v) is 4.76. The Hall–Kier alpha value is -1.07. The number of hydrogen-bond acceptors (Lipinski definition) is 3. The third kappa shape index (κ3) is 2.99. The van der Waals surface area contributed by atoms with Gasteiger partial charge in [0.2, 0.25) is 0 Å². The molecule has 0 spiro atoms. The third-order valence-electron chi connectivity index (χ3n) is 4.14. The molecule has 0 aliphatic heterocycles. The molecular weight excluding hydrogens is 320 g/mol. The number of halogens is 1. The first-order valence-electron chi connectivity index (χ1n) is 6.89. The number of rotatable bonds is 4. The maximum Gasteiger partial charge on any atom is 0.253 e. The van der Waals surface area contributed by atoms with Gasteiger partial charge in [-0.3, -0.25) is 4.79 Å². The van der Waals surface area contributed by atoms with Gasteiger partial charge in [-0.2, -0.15) is 0 Å². The first-order chi connectivity index (χ1) is 9.58. The summed E-state index contributed by atoms with van der Waals surface area (Å²) in [5, 5.41) is 0. The minimum absolute atomic E-state index is 0.0405. The van der Waals surface area contributed by atoms with Crippen molar-refractivity contribution < 1.29 is 9.53 Å². The molecule has 1 aromatic carbocycles. The van der Waals surface area contributed by atoms with Crippen molar-refractivity contribution in [3.05, 3.63) is 28.2 Å². The van der Waals surface area contributed by atoms with Gasteiger partial charge in [-0.05, 0) is 59.4 Å². The van der Waals surface area contributed by atoms with Gasteiger partial charge >= 0.3 is 0 Å². The number of carbonyl (C=O) groups excluding carboxylic acids is 1. The Bertz CT molecular complexity index is 493. The highest BCUT2D eigenvalue weighted by Gasteiger charge is 2.32. The van der Waals surface area contributed by atoms with Crippen LogP contribution >= 0.6 is 15.9 Å². The molecule has 110 valence electrons. The molecule has 1 saturated carbocycles. The molecule has 0 bridgehead atoms. The summed E-state index contributed by atoms with van der Waals surface area (Å²) in [6.45, 7) is 0.647. The number of amides is 1. The highest BCUT2D eigenvalue weighted by molar-refractivity contribution is 9.10. The lowest BCUT2D eigenvalue weighted by Gasteiger charge is -2.29. The van der Waals surface area contributed by atoms with E-state index in [4.69, 9.17) is 10.5 Å². The van der Waals surface area contributed by atoms with Gasteiger partial charge < -0.3 is 15.4 Å². The lowest BCUT2D eigenvalue weighted by molar-refractivity contribution is 0.0700. The van der Waals surface area contributed by atoms with Crippen LogP contribution in [0, 0.1) is 5.92 Å². The maximum absolute atomic E-state index is 12.6. The Morgan fingerprint density at radius 3 is 2.85 bits per heavy atom. The fraction of sp³-hybridized carbons (Fsp3) is 0.533. The van der Waals surface area contributed by atoms with E-state index in [1.54, 1.807) is 19.2 Å². The van der Waals surface area contributed by atoms with Gasteiger partial charge in [-0.1, -0.05) is 6.42 Å². The second-order valence-corrected chi connectivity index (χ2v) is 6.11. The fourth-order valence-electron chi connectivity index (χ4n) is 2.96. The van der Waals surface area contributed by atoms with Crippen LogP contribution in [0.3, 0.4) is 0 Å². The van der Waals surface area contributed by atoms with E-state index >= 15 is 0 Å². The highest BCUT2D eigenvalue weighted by atomic mass is 79.9. The Morgan fingerprint density at radius 1 is 1.50 bits per heavy atom. The zero-order chi connectivity index (χ0) is 14.7. The SMILES string of the molecule is COc1ccc(C(=O)N(C)C2CCCC2CN)cc1Br. The molecule has 4 nitrogen and oxygen atoms in total. The van der Waals surface area contributed by atoms with Crippen molar-refractivity contribution in [3.8, 4) is 5.75 Å². The second kappa shape index (κ2) is 6.59. The van der Waals surface area contributed by atoms with Crippen molar-refractivity contribution in [1.29, 1.82) is 0 Å². The van der Waals surface area contributed by atoms with E-state index < -0.39 is 0 Å². The van der Waals surface area contributed by atoms with Crippen molar-refractivity contribution in [3.63, 3.8) is 0 Å². The summed E-state index contributed by atoms with van der Waals surface area (Å²) >= 11 is 3.42. The van der Waals surface area contributed by atoms with Crippen molar-refractivity contribution in [1.82, 2.24) is 4.90 Å². The van der Waals surface area contributed by atoms with Crippen LogP contribution in [0.4, 0.5) is 0 Å². The van der Waals surface area contributed by atoms with Crippen molar-refractivity contribution in [2.75, 3.05) is 20.7 Å². The van der Waals surface area contributed by atoms with E-state index in [0.717, 1.165) is 29.5 Å². The van der Waals surface area contributed by atoms with Crippen LogP contribution in [-0.4, -0.2) is 37.6 Å². The topological polar surface area (TPSA) is 55.6 Å². The van der Waals surface area contributed by atoms with Gasteiger partial charge in [0, 0.05) is 18.7 Å². The Balaban J connectivity index is 2.16. The predicted octanol–water partition coefficient (Wildman–Crippen LogP) is 2.66. The summed E-state index contributed by atoms with van der Waals surface area (Å²) in [5.41, 5.74) is 6.47. The summed E-state index contributed by atoms with van der Waals surface area (Å²) in [5.74, 6) is 1.19. The van der Waals surface area contributed by atoms with Crippen LogP contribution in [0.25, 0.3) is 0 Å².